The summed E-state index contributed by atoms with van der Waals surface area (Å²) in [7, 11) is 0. The van der Waals surface area contributed by atoms with E-state index in [2.05, 4.69) is 25.3 Å². The zero-order valence-corrected chi connectivity index (χ0v) is 22.6. The number of hydrogen-bond donors (Lipinski definition) is 0. The second kappa shape index (κ2) is 11.9. The Hall–Kier alpha value is -2.83. The minimum absolute atomic E-state index is 0.0240. The van der Waals surface area contributed by atoms with Gasteiger partial charge in [-0.2, -0.15) is 0 Å². The largest absolute Gasteiger partial charge is 0.491 e. The van der Waals surface area contributed by atoms with Crippen LogP contribution in [0.5, 0.6) is 5.75 Å². The highest BCUT2D eigenvalue weighted by Crippen LogP contribution is 2.34. The molecule has 0 fully saturated rings. The van der Waals surface area contributed by atoms with E-state index < -0.39 is 0 Å². The minimum Gasteiger partial charge on any atom is -0.491 e. The summed E-state index contributed by atoms with van der Waals surface area (Å²) in [6.45, 7) is 7.74. The maximum Gasteiger partial charge on any atom is 0.254 e. The quantitative estimate of drug-likeness (QED) is 0.325. The Morgan fingerprint density at radius 2 is 1.97 bits per heavy atom. The molecule has 1 aromatic heterocycles. The summed E-state index contributed by atoms with van der Waals surface area (Å²) in [6.07, 6.45) is 1.73. The molecule has 1 aliphatic rings. The van der Waals surface area contributed by atoms with Crippen molar-refractivity contribution in [2.45, 2.75) is 39.7 Å². The molecular weight excluding hydrogens is 492 g/mol. The van der Waals surface area contributed by atoms with Gasteiger partial charge in [-0.15, -0.1) is 11.3 Å². The van der Waals surface area contributed by atoms with E-state index in [9.17, 15) is 9.59 Å². The predicted molar refractivity (Wildman–Crippen MR) is 146 cm³/mol. The minimum atomic E-state index is -0.194. The average molecular weight is 525 g/mol. The Bertz CT molecular complexity index is 1190. The first-order valence-electron chi connectivity index (χ1n) is 12.5. The van der Waals surface area contributed by atoms with Crippen molar-refractivity contribution < 1.29 is 14.3 Å². The Balaban J connectivity index is 1.54. The van der Waals surface area contributed by atoms with Crippen LogP contribution >= 0.6 is 22.9 Å². The fourth-order valence-corrected chi connectivity index (χ4v) is 5.59. The molecule has 0 radical (unpaired) electrons. The number of carbonyl (C=O) groups excluding carboxylic acids is 2. The van der Waals surface area contributed by atoms with Gasteiger partial charge in [0.05, 0.1) is 6.04 Å². The summed E-state index contributed by atoms with van der Waals surface area (Å²) in [6, 6.07) is 16.8. The van der Waals surface area contributed by atoms with E-state index in [4.69, 9.17) is 16.3 Å². The van der Waals surface area contributed by atoms with Crippen LogP contribution in [0.1, 0.15) is 52.7 Å². The summed E-state index contributed by atoms with van der Waals surface area (Å²) in [4.78, 5) is 32.0. The Labute approximate surface area is 222 Å². The highest BCUT2D eigenvalue weighted by atomic mass is 35.5. The fourth-order valence-electron chi connectivity index (χ4n) is 4.47. The smallest absolute Gasteiger partial charge is 0.254 e. The van der Waals surface area contributed by atoms with Crippen LogP contribution < -0.4 is 4.74 Å². The molecule has 0 spiro atoms. The molecule has 0 N–H and O–H groups in total. The lowest BCUT2D eigenvalue weighted by molar-refractivity contribution is -0.135. The van der Waals surface area contributed by atoms with E-state index in [0.717, 1.165) is 24.2 Å². The third-order valence-corrected chi connectivity index (χ3v) is 7.99. The van der Waals surface area contributed by atoms with Crippen LogP contribution in [0.3, 0.4) is 0 Å². The molecule has 1 aliphatic heterocycles. The summed E-state index contributed by atoms with van der Waals surface area (Å²) in [5.41, 5.74) is 2.81. The third kappa shape index (κ3) is 6.29. The molecule has 2 atom stereocenters. The molecule has 0 saturated heterocycles. The predicted octanol–water partition coefficient (Wildman–Crippen LogP) is 6.40. The van der Waals surface area contributed by atoms with Gasteiger partial charge in [0.15, 0.2) is 0 Å². The van der Waals surface area contributed by atoms with Crippen LogP contribution in [0, 0.1) is 12.8 Å². The van der Waals surface area contributed by atoms with E-state index in [1.165, 1.54) is 10.4 Å². The zero-order chi connectivity index (χ0) is 25.7. The number of amides is 2. The van der Waals surface area contributed by atoms with Crippen LogP contribution in [0.15, 0.2) is 60.0 Å². The number of nitrogens with zero attached hydrogens (tertiary/aromatic N) is 2. The van der Waals surface area contributed by atoms with Crippen LogP contribution in [0.25, 0.3) is 0 Å². The van der Waals surface area contributed by atoms with Gasteiger partial charge in [-0.05, 0) is 66.6 Å². The lowest BCUT2D eigenvalue weighted by atomic mass is 10.00. The first kappa shape index (κ1) is 26.2. The maximum absolute atomic E-state index is 13.7. The van der Waals surface area contributed by atoms with Crippen molar-refractivity contribution in [2.24, 2.45) is 5.92 Å². The fraction of sp³-hybridized carbons (Fsp3) is 0.379. The van der Waals surface area contributed by atoms with E-state index in [1.807, 2.05) is 36.1 Å². The Morgan fingerprint density at radius 1 is 1.19 bits per heavy atom. The number of rotatable bonds is 9. The first-order valence-corrected chi connectivity index (χ1v) is 13.7. The number of benzene rings is 2. The van der Waals surface area contributed by atoms with Crippen LogP contribution in [-0.2, 0) is 11.2 Å². The number of fused-ring (bicyclic) bond motifs is 1. The second-order valence-corrected chi connectivity index (χ2v) is 10.9. The number of thiophene rings is 1. The highest BCUT2D eigenvalue weighted by molar-refractivity contribution is 7.10. The van der Waals surface area contributed by atoms with Gasteiger partial charge in [0, 0.05) is 28.6 Å². The normalized spacial score (nSPS) is 15.8. The zero-order valence-electron chi connectivity index (χ0n) is 21.1. The summed E-state index contributed by atoms with van der Waals surface area (Å²) in [5, 5.41) is 2.58. The molecule has 3 aromatic rings. The second-order valence-electron chi connectivity index (χ2n) is 9.49. The van der Waals surface area contributed by atoms with Crippen molar-refractivity contribution in [3.63, 3.8) is 0 Å². The summed E-state index contributed by atoms with van der Waals surface area (Å²) >= 11 is 7.87. The molecule has 5 nitrogen and oxygen atoms in total. The SMILES string of the molecule is CCC(C)CN(CC(=O)N1CCc2sccc2C1COc1ccc(C)cc1)C(=O)c1cccc(Cl)c1. The van der Waals surface area contributed by atoms with Gasteiger partial charge in [-0.25, -0.2) is 0 Å². The Kier molecular flexibility index (Phi) is 8.70. The van der Waals surface area contributed by atoms with Crippen molar-refractivity contribution in [3.05, 3.63) is 86.6 Å². The molecule has 0 saturated carbocycles. The number of halogens is 1. The van der Waals surface area contributed by atoms with Crippen molar-refractivity contribution in [1.82, 2.24) is 9.80 Å². The highest BCUT2D eigenvalue weighted by Gasteiger charge is 2.34. The van der Waals surface area contributed by atoms with E-state index in [-0.39, 0.29) is 30.3 Å². The van der Waals surface area contributed by atoms with Gasteiger partial charge in [0.1, 0.15) is 18.9 Å². The summed E-state index contributed by atoms with van der Waals surface area (Å²) in [5.74, 6) is 0.811. The molecule has 2 aromatic carbocycles. The molecule has 0 bridgehead atoms. The maximum atomic E-state index is 13.7. The number of ether oxygens (including phenoxy) is 1. The average Bonchev–Trinajstić information content (AvgIpc) is 3.36. The number of aryl methyl sites for hydroxylation is 1. The van der Waals surface area contributed by atoms with Crippen LogP contribution in [0.2, 0.25) is 5.02 Å². The molecule has 2 amide bonds. The third-order valence-electron chi connectivity index (χ3n) is 6.76. The number of hydrogen-bond acceptors (Lipinski definition) is 4. The standard InChI is InChI=1S/C29H33ClN2O3S/c1-4-20(2)17-31(29(34)22-6-5-7-23(30)16-22)18-28(33)32-14-12-27-25(13-15-36-27)26(32)19-35-24-10-8-21(3)9-11-24/h5-11,13,15-16,20,26H,4,12,14,17-19H2,1-3H3. The van der Waals surface area contributed by atoms with Crippen LogP contribution in [-0.4, -0.2) is 47.9 Å². The van der Waals surface area contributed by atoms with Gasteiger partial charge in [-0.1, -0.05) is 55.6 Å². The lowest BCUT2D eigenvalue weighted by Gasteiger charge is -2.37. The van der Waals surface area contributed by atoms with Gasteiger partial charge in [-0.3, -0.25) is 9.59 Å². The molecule has 0 aliphatic carbocycles. The molecule has 4 rings (SSSR count). The van der Waals surface area contributed by atoms with Crippen molar-refractivity contribution >= 4 is 34.8 Å². The monoisotopic (exact) mass is 524 g/mol. The molecule has 36 heavy (non-hydrogen) atoms. The molecule has 2 heterocycles. The Morgan fingerprint density at radius 3 is 2.69 bits per heavy atom. The molecule has 190 valence electrons. The van der Waals surface area contributed by atoms with Gasteiger partial charge < -0.3 is 14.5 Å². The van der Waals surface area contributed by atoms with Crippen molar-refractivity contribution in [2.75, 3.05) is 26.2 Å². The molecule has 2 unspecified atom stereocenters. The van der Waals surface area contributed by atoms with Crippen molar-refractivity contribution in [1.29, 1.82) is 0 Å². The lowest BCUT2D eigenvalue weighted by Crippen LogP contribution is -2.48. The molecule has 7 heteroatoms. The number of carbonyl (C=O) groups is 2. The van der Waals surface area contributed by atoms with E-state index >= 15 is 0 Å². The van der Waals surface area contributed by atoms with Gasteiger partial charge >= 0.3 is 0 Å². The van der Waals surface area contributed by atoms with E-state index in [0.29, 0.717) is 30.3 Å². The topological polar surface area (TPSA) is 49.9 Å². The first-order chi connectivity index (χ1) is 17.4. The van der Waals surface area contributed by atoms with Crippen molar-refractivity contribution in [3.8, 4) is 5.75 Å². The molecular formula is C29H33ClN2O3S. The summed E-state index contributed by atoms with van der Waals surface area (Å²) < 4.78 is 6.14. The van der Waals surface area contributed by atoms with E-state index in [1.54, 1.807) is 40.5 Å². The van der Waals surface area contributed by atoms with Crippen LogP contribution in [0.4, 0.5) is 0 Å². The van der Waals surface area contributed by atoms with Gasteiger partial charge in [0.25, 0.3) is 5.91 Å². The van der Waals surface area contributed by atoms with Gasteiger partial charge in [0.2, 0.25) is 5.91 Å².